The third-order valence-electron chi connectivity index (χ3n) is 2.95. The molecule has 4 bridgehead atoms. The first-order chi connectivity index (χ1) is 10.3. The average molecular weight is 403 g/mol. The van der Waals surface area contributed by atoms with Gasteiger partial charge < -0.3 is 23.0 Å². The Balaban J connectivity index is 0.000000562. The minimum atomic E-state index is 0. The van der Waals surface area contributed by atoms with Gasteiger partial charge in [0.2, 0.25) is 0 Å². The maximum atomic E-state index is 4.76. The predicted octanol–water partition coefficient (Wildman–Crippen LogP) is -0.250. The van der Waals surface area contributed by atoms with Gasteiger partial charge in [0.05, 0.1) is 22.8 Å². The fraction of sp³-hybridized carbons (Fsp3) is 0.286. The molecule has 4 nitrogen and oxygen atoms in total. The van der Waals surface area contributed by atoms with Crippen molar-refractivity contribution in [3.8, 4) is 0 Å². The standard InChI is InChI=1S/C14H16N4.3ClH.Fe/c1-3-11-7-15-9-13-5-2-6-14(18-13)10-16-8-12(4-1)17-11;;;;/h1-6,15-16H,7-10H2;3*1H;/q;;;;+2/p-3. The molecule has 22 heavy (non-hydrogen) atoms. The van der Waals surface area contributed by atoms with E-state index in [1.54, 1.807) is 0 Å². The molecule has 1 aliphatic rings. The van der Waals surface area contributed by atoms with Crippen LogP contribution >= 0.6 is 20.2 Å². The van der Waals surface area contributed by atoms with E-state index in [0.717, 1.165) is 49.0 Å². The molecule has 0 aromatic carbocycles. The summed E-state index contributed by atoms with van der Waals surface area (Å²) in [6, 6.07) is 12.3. The molecule has 1 aliphatic heterocycles. The Labute approximate surface area is 151 Å². The minimum absolute atomic E-state index is 0. The van der Waals surface area contributed by atoms with E-state index in [0.29, 0.717) is 0 Å². The van der Waals surface area contributed by atoms with E-state index in [2.05, 4.69) is 32.7 Å². The van der Waals surface area contributed by atoms with Gasteiger partial charge in [0.1, 0.15) is 0 Å². The van der Waals surface area contributed by atoms with Crippen molar-refractivity contribution < 1.29 is 25.5 Å². The van der Waals surface area contributed by atoms with Gasteiger partial charge in [-0.05, 0) is 24.3 Å². The van der Waals surface area contributed by atoms with Crippen molar-refractivity contribution in [2.45, 2.75) is 26.2 Å². The molecule has 0 spiro atoms. The number of rotatable bonds is 0. The molecule has 3 heterocycles. The van der Waals surface area contributed by atoms with Gasteiger partial charge >= 0.3 is 33.3 Å². The van der Waals surface area contributed by atoms with E-state index >= 15 is 0 Å². The molecule has 0 saturated heterocycles. The second-order valence-corrected chi connectivity index (χ2v) is 6.32. The van der Waals surface area contributed by atoms with Crippen LogP contribution in [0.5, 0.6) is 0 Å². The van der Waals surface area contributed by atoms with Crippen LogP contribution in [0.1, 0.15) is 22.8 Å². The van der Waals surface area contributed by atoms with Crippen LogP contribution in [0.15, 0.2) is 36.4 Å². The third kappa shape index (κ3) is 6.80. The molecular weight excluding hydrogens is 386 g/mol. The molecule has 0 atom stereocenters. The number of nitrogens with one attached hydrogen (secondary N) is 2. The fourth-order valence-electron chi connectivity index (χ4n) is 2.09. The fourth-order valence-corrected chi connectivity index (χ4v) is 2.09. The number of pyridine rings is 2. The molecule has 2 aromatic heterocycles. The van der Waals surface area contributed by atoms with Gasteiger partial charge in [0.25, 0.3) is 0 Å². The van der Waals surface area contributed by atoms with Gasteiger partial charge in [-0.15, -0.1) is 0 Å². The summed E-state index contributed by atoms with van der Waals surface area (Å²) in [5.41, 5.74) is 4.30. The Morgan fingerprint density at radius 2 is 1.00 bits per heavy atom. The van der Waals surface area contributed by atoms with Gasteiger partial charge in [-0.2, -0.15) is 0 Å². The van der Waals surface area contributed by atoms with E-state index in [1.807, 2.05) is 24.3 Å². The number of nitrogens with zero attached hydrogens (tertiary/aromatic N) is 2. The molecule has 0 amide bonds. The molecule has 3 rings (SSSR count). The smallest absolute Gasteiger partial charge is 0.0545 e. The van der Waals surface area contributed by atoms with Crippen molar-refractivity contribution >= 4 is 20.2 Å². The van der Waals surface area contributed by atoms with Crippen LogP contribution in [0.2, 0.25) is 0 Å². The van der Waals surface area contributed by atoms with Crippen LogP contribution in [0.3, 0.4) is 0 Å². The number of hydrogen-bond donors (Lipinski definition) is 2. The summed E-state index contributed by atoms with van der Waals surface area (Å²) in [5, 5.41) is 6.75. The number of fused-ring (bicyclic) bond motifs is 4. The second kappa shape index (κ2) is 11.2. The quantitative estimate of drug-likeness (QED) is 0.597. The largest absolute Gasteiger partial charge is 0.306 e. The molecule has 0 unspecified atom stereocenters. The number of hydrogen-bond acceptors (Lipinski definition) is 4. The Bertz CT molecular complexity index is 483. The molecule has 2 aromatic rings. The average Bonchev–Trinajstić information content (AvgIpc) is 2.48. The van der Waals surface area contributed by atoms with E-state index in [4.69, 9.17) is 20.2 Å². The zero-order valence-corrected chi connectivity index (χ0v) is 15.0. The third-order valence-corrected chi connectivity index (χ3v) is 2.95. The van der Waals surface area contributed by atoms with Crippen molar-refractivity contribution in [1.29, 1.82) is 0 Å². The van der Waals surface area contributed by atoms with Crippen LogP contribution in [-0.4, -0.2) is 9.97 Å². The van der Waals surface area contributed by atoms with E-state index in [9.17, 15) is 0 Å². The molecule has 0 saturated carbocycles. The maximum Gasteiger partial charge on any atom is 0.0545 e. The molecular formula is C14H16Cl3FeN4-. The monoisotopic (exact) mass is 401 g/mol. The zero-order chi connectivity index (χ0) is 14.9. The van der Waals surface area contributed by atoms with E-state index in [1.165, 1.54) is 0 Å². The molecule has 122 valence electrons. The molecule has 0 radical (unpaired) electrons. The Kier molecular flexibility index (Phi) is 10.00. The Hall–Kier alpha value is -0.391. The first kappa shape index (κ1) is 19.7. The summed E-state index contributed by atoms with van der Waals surface area (Å²) < 4.78 is 0. The summed E-state index contributed by atoms with van der Waals surface area (Å²) in [6.07, 6.45) is 0. The number of aromatic nitrogens is 2. The molecule has 0 aliphatic carbocycles. The summed E-state index contributed by atoms with van der Waals surface area (Å²) in [4.78, 5) is 9.20. The van der Waals surface area contributed by atoms with Crippen LogP contribution in [0.4, 0.5) is 0 Å². The summed E-state index contributed by atoms with van der Waals surface area (Å²) in [6.45, 7) is 3.11. The van der Waals surface area contributed by atoms with Crippen LogP contribution in [0.25, 0.3) is 0 Å². The predicted molar refractivity (Wildman–Crippen MR) is 81.3 cm³/mol. The van der Waals surface area contributed by atoms with Gasteiger partial charge in [0.15, 0.2) is 0 Å². The van der Waals surface area contributed by atoms with Gasteiger partial charge in [-0.1, -0.05) is 12.1 Å². The van der Waals surface area contributed by atoms with Crippen LogP contribution in [-0.2, 0) is 39.3 Å². The van der Waals surface area contributed by atoms with Crippen molar-refractivity contribution in [1.82, 2.24) is 20.6 Å². The van der Waals surface area contributed by atoms with E-state index in [-0.39, 0.29) is 25.5 Å². The molecule has 8 heteroatoms. The van der Waals surface area contributed by atoms with Gasteiger partial charge in [-0.3, -0.25) is 9.97 Å². The Morgan fingerprint density at radius 3 is 1.27 bits per heavy atom. The zero-order valence-electron chi connectivity index (χ0n) is 11.7. The van der Waals surface area contributed by atoms with Crippen molar-refractivity contribution in [2.24, 2.45) is 0 Å². The molecule has 2 N–H and O–H groups in total. The summed E-state index contributed by atoms with van der Waals surface area (Å²) in [5.74, 6) is 0. The van der Waals surface area contributed by atoms with Gasteiger partial charge in [0, 0.05) is 26.2 Å². The van der Waals surface area contributed by atoms with E-state index < -0.39 is 0 Å². The van der Waals surface area contributed by atoms with Crippen molar-refractivity contribution in [2.75, 3.05) is 0 Å². The normalized spacial score (nSPS) is 13.7. The van der Waals surface area contributed by atoms with Crippen LogP contribution in [0, 0.1) is 0 Å². The Morgan fingerprint density at radius 1 is 0.727 bits per heavy atom. The topological polar surface area (TPSA) is 49.8 Å². The number of halogens is 3. The van der Waals surface area contributed by atoms with Crippen molar-refractivity contribution in [3.63, 3.8) is 0 Å². The maximum absolute atomic E-state index is 4.76. The van der Waals surface area contributed by atoms with Crippen molar-refractivity contribution in [3.05, 3.63) is 59.2 Å². The molecule has 0 fully saturated rings. The first-order valence-electron chi connectivity index (χ1n) is 6.48. The summed E-state index contributed by atoms with van der Waals surface area (Å²) >= 11 is 0.194. The summed E-state index contributed by atoms with van der Waals surface area (Å²) in [7, 11) is 9.53. The first-order valence-corrected chi connectivity index (χ1v) is 9.52. The SMILES string of the molecule is [Cl-].[Cl][Fe][Cl].c1cc2nc(c1)CNCc1cccc(n1)CNC2. The minimum Gasteiger partial charge on any atom is -0.306 e. The van der Waals surface area contributed by atoms with Gasteiger partial charge in [-0.25, -0.2) is 0 Å². The van der Waals surface area contributed by atoms with Crippen LogP contribution < -0.4 is 23.0 Å². The second-order valence-electron chi connectivity index (χ2n) is 4.50.